The van der Waals surface area contributed by atoms with Gasteiger partial charge in [-0.15, -0.1) is 4.91 Å². The van der Waals surface area contributed by atoms with E-state index in [4.69, 9.17) is 0 Å². The molecule has 0 spiro atoms. The fourth-order valence-corrected chi connectivity index (χ4v) is 1.90. The van der Waals surface area contributed by atoms with Crippen LogP contribution in [0.1, 0.15) is 21.5 Å². The van der Waals surface area contributed by atoms with Crippen LogP contribution in [0, 0.1) is 11.8 Å². The van der Waals surface area contributed by atoms with Gasteiger partial charge in [-0.1, -0.05) is 42.0 Å². The molecule has 0 atom stereocenters. The Hall–Kier alpha value is -2.49. The minimum Gasteiger partial charge on any atom is -0.289 e. The number of nitrogens with zero attached hydrogens (tertiary/aromatic N) is 2. The first-order valence-electron chi connectivity index (χ1n) is 5.91. The van der Waals surface area contributed by atoms with Gasteiger partial charge in [0.2, 0.25) is 0 Å². The number of hydrogen-bond donors (Lipinski definition) is 0. The lowest BCUT2D eigenvalue weighted by Gasteiger charge is -2.14. The van der Waals surface area contributed by atoms with Crippen LogP contribution in [-0.4, -0.2) is 12.8 Å². The molecule has 0 N–H and O–H groups in total. The molecule has 0 radical (unpaired) electrons. The normalized spacial score (nSPS) is 10.0. The van der Waals surface area contributed by atoms with Crippen molar-refractivity contribution in [1.29, 1.82) is 0 Å². The molecule has 96 valence electrons. The van der Waals surface area contributed by atoms with Crippen molar-refractivity contribution in [2.24, 2.45) is 5.29 Å². The summed E-state index contributed by atoms with van der Waals surface area (Å²) in [5.74, 6) is -0.116. The Morgan fingerprint density at radius 1 is 1.11 bits per heavy atom. The molecule has 4 nitrogen and oxygen atoms in total. The summed E-state index contributed by atoms with van der Waals surface area (Å²) in [6.07, 6.45) is 0. The second-order valence-electron chi connectivity index (χ2n) is 4.32. The molecular formula is C15H14N2O2. The molecule has 19 heavy (non-hydrogen) atoms. The van der Waals surface area contributed by atoms with Crippen molar-refractivity contribution in [2.75, 3.05) is 12.1 Å². The zero-order valence-corrected chi connectivity index (χ0v) is 10.8. The highest BCUT2D eigenvalue weighted by Gasteiger charge is 2.16. The second kappa shape index (κ2) is 5.44. The van der Waals surface area contributed by atoms with Gasteiger partial charge in [0.15, 0.2) is 5.78 Å². The number of anilines is 1. The summed E-state index contributed by atoms with van der Waals surface area (Å²) in [5.41, 5.74) is 2.54. The van der Waals surface area contributed by atoms with E-state index in [9.17, 15) is 9.70 Å². The van der Waals surface area contributed by atoms with E-state index in [-0.39, 0.29) is 5.78 Å². The maximum atomic E-state index is 12.5. The van der Waals surface area contributed by atoms with Gasteiger partial charge in [-0.2, -0.15) is 0 Å². The van der Waals surface area contributed by atoms with Crippen molar-refractivity contribution in [1.82, 2.24) is 0 Å². The lowest BCUT2D eigenvalue weighted by molar-refractivity contribution is 0.103. The molecule has 2 aromatic rings. The number of hydrogen-bond acceptors (Lipinski definition) is 3. The average molecular weight is 254 g/mol. The van der Waals surface area contributed by atoms with Crippen LogP contribution in [0.2, 0.25) is 0 Å². The molecule has 0 fully saturated rings. The predicted octanol–water partition coefficient (Wildman–Crippen LogP) is 3.34. The molecular weight excluding hydrogens is 240 g/mol. The van der Waals surface area contributed by atoms with Gasteiger partial charge in [0.1, 0.15) is 0 Å². The number of benzene rings is 2. The van der Waals surface area contributed by atoms with E-state index < -0.39 is 0 Å². The van der Waals surface area contributed by atoms with Gasteiger partial charge >= 0.3 is 0 Å². The van der Waals surface area contributed by atoms with Gasteiger partial charge in [0.25, 0.3) is 0 Å². The van der Waals surface area contributed by atoms with Gasteiger partial charge in [-0.3, -0.25) is 4.79 Å². The lowest BCUT2D eigenvalue weighted by Crippen LogP contribution is -2.13. The highest BCUT2D eigenvalue weighted by atomic mass is 16.3. The molecule has 0 unspecified atom stereocenters. The van der Waals surface area contributed by atoms with Crippen molar-refractivity contribution < 1.29 is 4.79 Å². The van der Waals surface area contributed by atoms with Crippen LogP contribution >= 0.6 is 0 Å². The van der Waals surface area contributed by atoms with E-state index in [1.807, 2.05) is 31.2 Å². The maximum absolute atomic E-state index is 12.5. The number of carbonyl (C=O) groups is 1. The zero-order chi connectivity index (χ0) is 13.8. The molecule has 0 saturated heterocycles. The van der Waals surface area contributed by atoms with Gasteiger partial charge in [0.05, 0.1) is 11.0 Å². The summed E-state index contributed by atoms with van der Waals surface area (Å²) >= 11 is 0. The molecule has 0 aliphatic rings. The Balaban J connectivity index is 2.52. The molecule has 0 amide bonds. The average Bonchev–Trinajstić information content (AvgIpc) is 2.46. The SMILES string of the molecule is Cc1ccc(N(C)N=O)c(C(=O)c2ccccc2)c1. The van der Waals surface area contributed by atoms with E-state index in [1.165, 1.54) is 7.05 Å². The summed E-state index contributed by atoms with van der Waals surface area (Å²) < 4.78 is 0. The first-order chi connectivity index (χ1) is 9.13. The number of nitroso groups, excluding NO2 is 1. The van der Waals surface area contributed by atoms with Crippen molar-refractivity contribution in [3.63, 3.8) is 0 Å². The van der Waals surface area contributed by atoms with Crippen molar-refractivity contribution in [3.05, 3.63) is 70.1 Å². The van der Waals surface area contributed by atoms with Crippen molar-refractivity contribution >= 4 is 11.5 Å². The first kappa shape index (κ1) is 13.0. The van der Waals surface area contributed by atoms with Crippen LogP contribution in [0.3, 0.4) is 0 Å². The third kappa shape index (κ3) is 2.68. The van der Waals surface area contributed by atoms with Crippen LogP contribution < -0.4 is 5.01 Å². The van der Waals surface area contributed by atoms with Crippen LogP contribution in [0.25, 0.3) is 0 Å². The Morgan fingerprint density at radius 2 is 1.79 bits per heavy atom. The van der Waals surface area contributed by atoms with Crippen LogP contribution in [0.5, 0.6) is 0 Å². The Kier molecular flexibility index (Phi) is 3.71. The fraction of sp³-hybridized carbons (Fsp3) is 0.133. The summed E-state index contributed by atoms with van der Waals surface area (Å²) in [7, 11) is 1.53. The van der Waals surface area contributed by atoms with Gasteiger partial charge in [0, 0.05) is 18.2 Å². The third-order valence-corrected chi connectivity index (χ3v) is 2.90. The Bertz CT molecular complexity index is 609. The van der Waals surface area contributed by atoms with Gasteiger partial charge < -0.3 is 0 Å². The molecule has 2 rings (SSSR count). The third-order valence-electron chi connectivity index (χ3n) is 2.90. The number of aryl methyl sites for hydroxylation is 1. The molecule has 0 heterocycles. The van der Waals surface area contributed by atoms with E-state index >= 15 is 0 Å². The maximum Gasteiger partial charge on any atom is 0.195 e. The number of carbonyl (C=O) groups excluding carboxylic acids is 1. The van der Waals surface area contributed by atoms with Crippen molar-refractivity contribution in [3.8, 4) is 0 Å². The minimum absolute atomic E-state index is 0.116. The topological polar surface area (TPSA) is 49.7 Å². The van der Waals surface area contributed by atoms with E-state index in [2.05, 4.69) is 5.29 Å². The zero-order valence-electron chi connectivity index (χ0n) is 10.8. The van der Waals surface area contributed by atoms with Gasteiger partial charge in [-0.05, 0) is 19.1 Å². The summed E-state index contributed by atoms with van der Waals surface area (Å²) in [5, 5.41) is 4.02. The van der Waals surface area contributed by atoms with Gasteiger partial charge in [-0.25, -0.2) is 5.01 Å². The molecule has 0 saturated carbocycles. The fourth-order valence-electron chi connectivity index (χ4n) is 1.90. The predicted molar refractivity (Wildman–Crippen MR) is 75.3 cm³/mol. The Labute approximate surface area is 111 Å². The van der Waals surface area contributed by atoms with Crippen LogP contribution in [-0.2, 0) is 0 Å². The lowest BCUT2D eigenvalue weighted by atomic mass is 9.99. The van der Waals surface area contributed by atoms with Crippen LogP contribution in [0.4, 0.5) is 5.69 Å². The number of ketones is 1. The van der Waals surface area contributed by atoms with Crippen LogP contribution in [0.15, 0.2) is 53.8 Å². The minimum atomic E-state index is -0.116. The number of rotatable bonds is 4. The Morgan fingerprint density at radius 3 is 2.42 bits per heavy atom. The smallest absolute Gasteiger partial charge is 0.195 e. The molecule has 0 aliphatic heterocycles. The van der Waals surface area contributed by atoms with E-state index in [1.54, 1.807) is 24.3 Å². The molecule has 2 aromatic carbocycles. The standard InChI is InChI=1S/C15H14N2O2/c1-11-8-9-14(17(2)16-19)13(10-11)15(18)12-6-4-3-5-7-12/h3-10H,1-2H3. The molecule has 0 aliphatic carbocycles. The van der Waals surface area contributed by atoms with Crippen molar-refractivity contribution in [2.45, 2.75) is 6.92 Å². The van der Waals surface area contributed by atoms with E-state index in [0.717, 1.165) is 10.6 Å². The highest BCUT2D eigenvalue weighted by Crippen LogP contribution is 2.24. The molecule has 0 aromatic heterocycles. The van der Waals surface area contributed by atoms with E-state index in [0.29, 0.717) is 16.8 Å². The summed E-state index contributed by atoms with van der Waals surface area (Å²) in [6, 6.07) is 14.3. The molecule has 0 bridgehead atoms. The molecule has 4 heteroatoms. The highest BCUT2D eigenvalue weighted by molar-refractivity contribution is 6.12. The largest absolute Gasteiger partial charge is 0.289 e. The monoisotopic (exact) mass is 254 g/mol. The summed E-state index contributed by atoms with van der Waals surface area (Å²) in [6.45, 7) is 1.90. The summed E-state index contributed by atoms with van der Waals surface area (Å²) in [4.78, 5) is 23.1. The second-order valence-corrected chi connectivity index (χ2v) is 4.32. The quantitative estimate of drug-likeness (QED) is 0.477. The first-order valence-corrected chi connectivity index (χ1v) is 5.91.